The summed E-state index contributed by atoms with van der Waals surface area (Å²) in [5, 5.41) is 18.8. The summed E-state index contributed by atoms with van der Waals surface area (Å²) >= 11 is 6.13. The first-order valence-electron chi connectivity index (χ1n) is 5.70. The molecule has 1 saturated heterocycles. The molecule has 1 aliphatic heterocycles. The maximum atomic E-state index is 10.9. The van der Waals surface area contributed by atoms with Crippen molar-refractivity contribution < 1.29 is 5.11 Å². The van der Waals surface area contributed by atoms with Crippen molar-refractivity contribution >= 4 is 11.6 Å². The van der Waals surface area contributed by atoms with Crippen LogP contribution in [0.2, 0.25) is 5.02 Å². The van der Waals surface area contributed by atoms with Gasteiger partial charge in [-0.25, -0.2) is 0 Å². The first kappa shape index (κ1) is 11.9. The van der Waals surface area contributed by atoms with Gasteiger partial charge in [0.15, 0.2) is 0 Å². The number of aryl methyl sites for hydroxylation is 1. The summed E-state index contributed by atoms with van der Waals surface area (Å²) in [4.78, 5) is 0. The third kappa shape index (κ3) is 1.75. The van der Waals surface area contributed by atoms with Gasteiger partial charge in [-0.2, -0.15) is 5.10 Å². The molecule has 0 aliphatic carbocycles. The molecule has 90 valence electrons. The Bertz CT molecular complexity index is 360. The summed E-state index contributed by atoms with van der Waals surface area (Å²) in [6.45, 7) is 3.73. The number of aliphatic hydroxyl groups is 1. The van der Waals surface area contributed by atoms with Gasteiger partial charge in [-0.15, -0.1) is 0 Å². The quantitative estimate of drug-likeness (QED) is 0.823. The lowest BCUT2D eigenvalue weighted by molar-refractivity contribution is -0.0541. The number of hydrogen-bond acceptors (Lipinski definition) is 3. The van der Waals surface area contributed by atoms with Crippen LogP contribution >= 0.6 is 11.6 Å². The molecule has 2 atom stereocenters. The van der Waals surface area contributed by atoms with Gasteiger partial charge in [0.1, 0.15) is 5.60 Å². The Hall–Kier alpha value is -0.580. The van der Waals surface area contributed by atoms with Crippen LogP contribution in [0.15, 0.2) is 6.20 Å². The molecule has 1 fully saturated rings. The van der Waals surface area contributed by atoms with Crippen LogP contribution in [-0.2, 0) is 12.6 Å². The summed E-state index contributed by atoms with van der Waals surface area (Å²) in [6.07, 6.45) is 3.21. The summed E-state index contributed by atoms with van der Waals surface area (Å²) in [7, 11) is 1.83. The molecule has 5 heteroatoms. The molecule has 0 saturated carbocycles. The second-order valence-corrected chi connectivity index (χ2v) is 4.86. The molecule has 0 bridgehead atoms. The summed E-state index contributed by atoms with van der Waals surface area (Å²) in [6, 6.07) is 0. The number of rotatable bonds is 2. The van der Waals surface area contributed by atoms with E-state index >= 15 is 0 Å². The Morgan fingerprint density at radius 2 is 2.50 bits per heavy atom. The minimum Gasteiger partial charge on any atom is -0.383 e. The average molecular weight is 244 g/mol. The van der Waals surface area contributed by atoms with E-state index in [0.717, 1.165) is 25.2 Å². The van der Waals surface area contributed by atoms with Crippen LogP contribution in [0.3, 0.4) is 0 Å². The highest BCUT2D eigenvalue weighted by Crippen LogP contribution is 2.39. The zero-order valence-corrected chi connectivity index (χ0v) is 10.5. The van der Waals surface area contributed by atoms with Gasteiger partial charge in [0.05, 0.1) is 16.9 Å². The van der Waals surface area contributed by atoms with Crippen molar-refractivity contribution in [3.05, 3.63) is 16.9 Å². The lowest BCUT2D eigenvalue weighted by Crippen LogP contribution is -2.49. The largest absolute Gasteiger partial charge is 0.383 e. The van der Waals surface area contributed by atoms with Gasteiger partial charge in [-0.3, -0.25) is 4.68 Å². The Morgan fingerprint density at radius 1 is 1.75 bits per heavy atom. The first-order chi connectivity index (χ1) is 7.59. The number of hydrogen-bond donors (Lipinski definition) is 2. The first-order valence-corrected chi connectivity index (χ1v) is 6.08. The SMILES string of the molecule is CCC1CNCCC1(O)c1c(Cl)cnn1C. The third-order valence-corrected chi connectivity index (χ3v) is 3.82. The monoisotopic (exact) mass is 243 g/mol. The smallest absolute Gasteiger partial charge is 0.113 e. The molecular weight excluding hydrogens is 226 g/mol. The Balaban J connectivity index is 2.42. The van der Waals surface area contributed by atoms with E-state index in [9.17, 15) is 5.11 Å². The van der Waals surface area contributed by atoms with Gasteiger partial charge in [0.25, 0.3) is 0 Å². The van der Waals surface area contributed by atoms with E-state index in [0.29, 0.717) is 11.4 Å². The van der Waals surface area contributed by atoms with E-state index in [-0.39, 0.29) is 5.92 Å². The van der Waals surface area contributed by atoms with Crippen molar-refractivity contribution in [2.75, 3.05) is 13.1 Å². The minimum atomic E-state index is -0.845. The fourth-order valence-corrected chi connectivity index (χ4v) is 2.95. The van der Waals surface area contributed by atoms with E-state index in [1.807, 2.05) is 7.05 Å². The predicted octanol–water partition coefficient (Wildman–Crippen LogP) is 1.28. The highest BCUT2D eigenvalue weighted by Gasteiger charge is 2.42. The van der Waals surface area contributed by atoms with Gasteiger partial charge in [0.2, 0.25) is 0 Å². The molecular formula is C11H18ClN3O. The normalized spacial score (nSPS) is 30.6. The number of piperidine rings is 1. The van der Waals surface area contributed by atoms with E-state index in [1.165, 1.54) is 0 Å². The van der Waals surface area contributed by atoms with E-state index in [2.05, 4.69) is 17.3 Å². The van der Waals surface area contributed by atoms with Crippen molar-refractivity contribution in [1.29, 1.82) is 0 Å². The van der Waals surface area contributed by atoms with Crippen molar-refractivity contribution in [1.82, 2.24) is 15.1 Å². The van der Waals surface area contributed by atoms with Crippen molar-refractivity contribution in [3.8, 4) is 0 Å². The Morgan fingerprint density at radius 3 is 3.06 bits per heavy atom. The number of aromatic nitrogens is 2. The van der Waals surface area contributed by atoms with Gasteiger partial charge < -0.3 is 10.4 Å². The molecule has 0 amide bonds. The van der Waals surface area contributed by atoms with Gasteiger partial charge in [0, 0.05) is 19.5 Å². The standard InChI is InChI=1S/C11H18ClN3O/c1-3-8-6-13-5-4-11(8,16)10-9(12)7-14-15(10)2/h7-8,13,16H,3-6H2,1-2H3. The van der Waals surface area contributed by atoms with E-state index in [1.54, 1.807) is 10.9 Å². The van der Waals surface area contributed by atoms with Gasteiger partial charge >= 0.3 is 0 Å². The van der Waals surface area contributed by atoms with Crippen LogP contribution in [0.1, 0.15) is 25.5 Å². The number of nitrogens with one attached hydrogen (secondary N) is 1. The number of halogens is 1. The summed E-state index contributed by atoms with van der Waals surface area (Å²) < 4.78 is 1.69. The molecule has 2 heterocycles. The number of nitrogens with zero attached hydrogens (tertiary/aromatic N) is 2. The maximum Gasteiger partial charge on any atom is 0.113 e. The second kappa shape index (κ2) is 4.35. The summed E-state index contributed by atoms with van der Waals surface area (Å²) in [5.74, 6) is 0.189. The van der Waals surface area contributed by atoms with Crippen LogP contribution < -0.4 is 5.32 Å². The molecule has 0 spiro atoms. The fourth-order valence-electron chi connectivity index (χ4n) is 2.62. The van der Waals surface area contributed by atoms with Gasteiger partial charge in [-0.05, 0) is 19.4 Å². The predicted molar refractivity (Wildman–Crippen MR) is 63.4 cm³/mol. The third-order valence-electron chi connectivity index (χ3n) is 3.55. The van der Waals surface area contributed by atoms with Crippen LogP contribution in [0, 0.1) is 5.92 Å². The molecule has 1 aromatic rings. The highest BCUT2D eigenvalue weighted by atomic mass is 35.5. The van der Waals surface area contributed by atoms with Crippen LogP contribution in [0.4, 0.5) is 0 Å². The van der Waals surface area contributed by atoms with Crippen molar-refractivity contribution in [3.63, 3.8) is 0 Å². The van der Waals surface area contributed by atoms with Crippen molar-refractivity contribution in [2.24, 2.45) is 13.0 Å². The molecule has 1 aliphatic rings. The molecule has 2 rings (SSSR count). The Labute approximate surface area is 101 Å². The second-order valence-electron chi connectivity index (χ2n) is 4.45. The lowest BCUT2D eigenvalue weighted by atomic mass is 9.77. The topological polar surface area (TPSA) is 50.1 Å². The zero-order chi connectivity index (χ0) is 11.8. The molecule has 16 heavy (non-hydrogen) atoms. The minimum absolute atomic E-state index is 0.189. The molecule has 2 unspecified atom stereocenters. The van der Waals surface area contributed by atoms with E-state index in [4.69, 9.17) is 11.6 Å². The van der Waals surface area contributed by atoms with Crippen LogP contribution in [-0.4, -0.2) is 28.0 Å². The van der Waals surface area contributed by atoms with Crippen molar-refractivity contribution in [2.45, 2.75) is 25.4 Å². The Kier molecular flexibility index (Phi) is 3.24. The van der Waals surface area contributed by atoms with E-state index < -0.39 is 5.60 Å². The average Bonchev–Trinajstić information content (AvgIpc) is 2.59. The lowest BCUT2D eigenvalue weighted by Gasteiger charge is -2.40. The maximum absolute atomic E-state index is 10.9. The highest BCUT2D eigenvalue weighted by molar-refractivity contribution is 6.31. The summed E-state index contributed by atoms with van der Waals surface area (Å²) in [5.41, 5.74) is -0.0926. The molecule has 0 aromatic carbocycles. The molecule has 2 N–H and O–H groups in total. The van der Waals surface area contributed by atoms with Crippen LogP contribution in [0.25, 0.3) is 0 Å². The van der Waals surface area contributed by atoms with Gasteiger partial charge in [-0.1, -0.05) is 18.5 Å². The molecule has 1 aromatic heterocycles. The zero-order valence-electron chi connectivity index (χ0n) is 9.70. The molecule has 4 nitrogen and oxygen atoms in total. The fraction of sp³-hybridized carbons (Fsp3) is 0.727. The molecule has 0 radical (unpaired) electrons. The van der Waals surface area contributed by atoms with Crippen LogP contribution in [0.5, 0.6) is 0 Å².